The van der Waals surface area contributed by atoms with Crippen molar-refractivity contribution in [2.75, 3.05) is 13.6 Å². The number of aromatic nitrogens is 1. The third kappa shape index (κ3) is 6.96. The Bertz CT molecular complexity index is 478. The molecule has 0 aliphatic rings. The predicted octanol–water partition coefficient (Wildman–Crippen LogP) is 3.46. The molecule has 1 heterocycles. The molecule has 22 heavy (non-hydrogen) atoms. The van der Waals surface area contributed by atoms with Crippen molar-refractivity contribution in [2.45, 2.75) is 66.3 Å². The lowest BCUT2D eigenvalue weighted by Crippen LogP contribution is -2.37. The summed E-state index contributed by atoms with van der Waals surface area (Å²) in [5.41, 5.74) is 0.359. The summed E-state index contributed by atoms with van der Waals surface area (Å²) < 4.78 is 5.76. The van der Waals surface area contributed by atoms with Gasteiger partial charge in [0.25, 0.3) is 0 Å². The van der Waals surface area contributed by atoms with Gasteiger partial charge in [-0.1, -0.05) is 41.5 Å². The molecule has 0 fully saturated rings. The second kappa shape index (κ2) is 7.65. The molecule has 0 saturated carbocycles. The highest BCUT2D eigenvalue weighted by Crippen LogP contribution is 2.22. The van der Waals surface area contributed by atoms with Gasteiger partial charge in [0, 0.05) is 19.0 Å². The van der Waals surface area contributed by atoms with Crippen LogP contribution in [0.2, 0.25) is 0 Å². The fraction of sp³-hybridized carbons (Fsp3) is 0.765. The van der Waals surface area contributed by atoms with E-state index in [0.717, 1.165) is 24.7 Å². The van der Waals surface area contributed by atoms with Crippen molar-refractivity contribution >= 4 is 5.96 Å². The average Bonchev–Trinajstić information content (AvgIpc) is 2.85. The van der Waals surface area contributed by atoms with Crippen molar-refractivity contribution in [2.24, 2.45) is 10.4 Å². The van der Waals surface area contributed by atoms with E-state index in [1.54, 1.807) is 13.2 Å². The van der Waals surface area contributed by atoms with Crippen molar-refractivity contribution < 1.29 is 4.42 Å². The van der Waals surface area contributed by atoms with Crippen LogP contribution < -0.4 is 10.6 Å². The zero-order chi connectivity index (χ0) is 16.8. The number of nitrogens with one attached hydrogen (secondary N) is 2. The summed E-state index contributed by atoms with van der Waals surface area (Å²) in [4.78, 5) is 8.52. The van der Waals surface area contributed by atoms with Crippen LogP contribution >= 0.6 is 0 Å². The quantitative estimate of drug-likeness (QED) is 0.497. The van der Waals surface area contributed by atoms with E-state index >= 15 is 0 Å². The Morgan fingerprint density at radius 3 is 2.36 bits per heavy atom. The molecule has 1 rings (SSSR count). The van der Waals surface area contributed by atoms with Gasteiger partial charge in [-0.15, -0.1) is 0 Å². The molecule has 2 N–H and O–H groups in total. The molecule has 0 bridgehead atoms. The van der Waals surface area contributed by atoms with Crippen LogP contribution in [0.25, 0.3) is 0 Å². The minimum Gasteiger partial charge on any atom is -0.443 e. The zero-order valence-electron chi connectivity index (χ0n) is 15.2. The number of hydrogen-bond donors (Lipinski definition) is 2. The smallest absolute Gasteiger partial charge is 0.213 e. The average molecular weight is 308 g/mol. The minimum absolute atomic E-state index is 0.0157. The molecule has 1 aromatic rings. The summed E-state index contributed by atoms with van der Waals surface area (Å²) in [5.74, 6) is 2.37. The monoisotopic (exact) mass is 308 g/mol. The maximum atomic E-state index is 5.76. The zero-order valence-corrected chi connectivity index (χ0v) is 15.2. The maximum Gasteiger partial charge on any atom is 0.213 e. The van der Waals surface area contributed by atoms with Crippen molar-refractivity contribution in [1.29, 1.82) is 0 Å². The van der Waals surface area contributed by atoms with E-state index in [4.69, 9.17) is 4.42 Å². The number of oxazole rings is 1. The SMILES string of the molecule is CN=C(NCCCC(C)(C)C)NCc1ncc(C(C)(C)C)o1. The van der Waals surface area contributed by atoms with Crippen LogP contribution in [-0.2, 0) is 12.0 Å². The van der Waals surface area contributed by atoms with Crippen molar-refractivity contribution in [3.05, 3.63) is 17.8 Å². The van der Waals surface area contributed by atoms with Gasteiger partial charge in [0.15, 0.2) is 5.96 Å². The summed E-state index contributed by atoms with van der Waals surface area (Å²) in [5, 5.41) is 6.55. The lowest BCUT2D eigenvalue weighted by atomic mass is 9.91. The molecule has 0 amide bonds. The summed E-state index contributed by atoms with van der Waals surface area (Å²) in [7, 11) is 1.77. The van der Waals surface area contributed by atoms with Gasteiger partial charge in [-0.25, -0.2) is 4.98 Å². The second-order valence-electron chi connectivity index (χ2n) is 7.89. The molecule has 126 valence electrons. The first-order valence-corrected chi connectivity index (χ1v) is 8.01. The normalized spacial score (nSPS) is 13.3. The van der Waals surface area contributed by atoms with Crippen molar-refractivity contribution in [1.82, 2.24) is 15.6 Å². The summed E-state index contributed by atoms with van der Waals surface area (Å²) in [6, 6.07) is 0. The number of nitrogens with zero attached hydrogens (tertiary/aromatic N) is 2. The fourth-order valence-corrected chi connectivity index (χ4v) is 1.94. The highest BCUT2D eigenvalue weighted by atomic mass is 16.4. The second-order valence-corrected chi connectivity index (χ2v) is 7.89. The van der Waals surface area contributed by atoms with Crippen molar-refractivity contribution in [3.63, 3.8) is 0 Å². The fourth-order valence-electron chi connectivity index (χ4n) is 1.94. The van der Waals surface area contributed by atoms with Crippen LogP contribution in [-0.4, -0.2) is 24.5 Å². The van der Waals surface area contributed by atoms with E-state index in [-0.39, 0.29) is 5.41 Å². The van der Waals surface area contributed by atoms with Gasteiger partial charge >= 0.3 is 0 Å². The standard InChI is InChI=1S/C17H32N4O/c1-16(2,3)9-8-10-19-15(18-7)21-12-14-20-11-13(22-14)17(4,5)6/h11H,8-10,12H2,1-7H3,(H2,18,19,21). The molecule has 0 saturated heterocycles. The Morgan fingerprint density at radius 1 is 1.18 bits per heavy atom. The van der Waals surface area contributed by atoms with Crippen LogP contribution in [0.5, 0.6) is 0 Å². The van der Waals surface area contributed by atoms with E-state index < -0.39 is 0 Å². The number of rotatable bonds is 5. The van der Waals surface area contributed by atoms with Gasteiger partial charge in [-0.3, -0.25) is 4.99 Å². The maximum absolute atomic E-state index is 5.76. The third-order valence-electron chi connectivity index (χ3n) is 3.32. The number of hydrogen-bond acceptors (Lipinski definition) is 3. The van der Waals surface area contributed by atoms with Gasteiger partial charge in [0.05, 0.1) is 12.7 Å². The lowest BCUT2D eigenvalue weighted by Gasteiger charge is -2.18. The molecular weight excluding hydrogens is 276 g/mol. The van der Waals surface area contributed by atoms with Gasteiger partial charge in [0.1, 0.15) is 5.76 Å². The van der Waals surface area contributed by atoms with Gasteiger partial charge in [-0.2, -0.15) is 0 Å². The first kappa shape index (κ1) is 18.5. The third-order valence-corrected chi connectivity index (χ3v) is 3.32. The van der Waals surface area contributed by atoms with E-state index in [1.807, 2.05) is 0 Å². The van der Waals surface area contributed by atoms with E-state index in [2.05, 4.69) is 62.2 Å². The lowest BCUT2D eigenvalue weighted by molar-refractivity contribution is 0.365. The molecule has 5 nitrogen and oxygen atoms in total. The highest BCUT2D eigenvalue weighted by Gasteiger charge is 2.19. The van der Waals surface area contributed by atoms with E-state index in [9.17, 15) is 0 Å². The number of guanidine groups is 1. The van der Waals surface area contributed by atoms with Gasteiger partial charge in [-0.05, 0) is 18.3 Å². The highest BCUT2D eigenvalue weighted by molar-refractivity contribution is 5.79. The molecular formula is C17H32N4O. The molecule has 1 aromatic heterocycles. The van der Waals surface area contributed by atoms with E-state index in [0.29, 0.717) is 17.9 Å². The summed E-state index contributed by atoms with van der Waals surface area (Å²) in [6.45, 7) is 14.6. The summed E-state index contributed by atoms with van der Waals surface area (Å²) in [6.07, 6.45) is 4.11. The van der Waals surface area contributed by atoms with Crippen LogP contribution in [0.1, 0.15) is 66.0 Å². The van der Waals surface area contributed by atoms with Crippen LogP contribution in [0.15, 0.2) is 15.6 Å². The van der Waals surface area contributed by atoms with Gasteiger partial charge < -0.3 is 15.1 Å². The van der Waals surface area contributed by atoms with Crippen molar-refractivity contribution in [3.8, 4) is 0 Å². The Morgan fingerprint density at radius 2 is 1.86 bits per heavy atom. The molecule has 0 aromatic carbocycles. The Hall–Kier alpha value is -1.52. The first-order valence-electron chi connectivity index (χ1n) is 8.01. The molecule has 0 unspecified atom stereocenters. The molecule has 0 aliphatic heterocycles. The molecule has 0 aliphatic carbocycles. The molecule has 0 spiro atoms. The first-order chi connectivity index (χ1) is 10.1. The molecule has 5 heteroatoms. The number of aliphatic imine (C=N–C) groups is 1. The van der Waals surface area contributed by atoms with E-state index in [1.165, 1.54) is 6.42 Å². The van der Waals surface area contributed by atoms with Gasteiger partial charge in [0.2, 0.25) is 5.89 Å². The Balaban J connectivity index is 2.37. The van der Waals surface area contributed by atoms with Crippen LogP contribution in [0.3, 0.4) is 0 Å². The Labute approximate surface area is 135 Å². The Kier molecular flexibility index (Phi) is 6.45. The summed E-state index contributed by atoms with van der Waals surface area (Å²) >= 11 is 0. The molecule has 0 radical (unpaired) electrons. The largest absolute Gasteiger partial charge is 0.443 e. The minimum atomic E-state index is -0.0157. The predicted molar refractivity (Wildman–Crippen MR) is 92.1 cm³/mol. The molecule has 0 atom stereocenters. The topological polar surface area (TPSA) is 62.5 Å². The van der Waals surface area contributed by atoms with Crippen LogP contribution in [0.4, 0.5) is 0 Å². The van der Waals surface area contributed by atoms with Crippen LogP contribution in [0, 0.1) is 5.41 Å².